The number of carbonyl (C=O) groups excluding carboxylic acids is 1. The first-order chi connectivity index (χ1) is 12.2. The van der Waals surface area contributed by atoms with Gasteiger partial charge in [0.2, 0.25) is 0 Å². The number of nitrogens with one attached hydrogen (secondary N) is 1. The summed E-state index contributed by atoms with van der Waals surface area (Å²) in [5.74, 6) is 1.49. The van der Waals surface area contributed by atoms with Crippen LogP contribution in [0.1, 0.15) is 41.2 Å². The number of hydrogen-bond donors (Lipinski definition) is 1. The number of nitrogens with zero attached hydrogens (tertiary/aromatic N) is 2. The number of carbonyl (C=O) groups is 1. The van der Waals surface area contributed by atoms with Crippen molar-refractivity contribution in [2.24, 2.45) is 0 Å². The van der Waals surface area contributed by atoms with E-state index in [-0.39, 0.29) is 11.9 Å². The molecule has 25 heavy (non-hydrogen) atoms. The van der Waals surface area contributed by atoms with Crippen LogP contribution in [0.3, 0.4) is 0 Å². The van der Waals surface area contributed by atoms with Crippen LogP contribution >= 0.6 is 0 Å². The minimum atomic E-state index is -0.256. The zero-order valence-electron chi connectivity index (χ0n) is 14.2. The lowest BCUT2D eigenvalue weighted by Crippen LogP contribution is -2.30. The lowest BCUT2D eigenvalue weighted by atomic mass is 10.00. The fourth-order valence-electron chi connectivity index (χ4n) is 3.38. The molecular weight excluding hydrogens is 318 g/mol. The lowest BCUT2D eigenvalue weighted by Gasteiger charge is -2.23. The van der Waals surface area contributed by atoms with Gasteiger partial charge in [0.05, 0.1) is 19.1 Å². The topological polar surface area (TPSA) is 71.4 Å². The third kappa shape index (κ3) is 2.41. The molecule has 3 heterocycles. The molecule has 2 aromatic heterocycles. The van der Waals surface area contributed by atoms with Gasteiger partial charge in [-0.15, -0.1) is 0 Å². The van der Waals surface area contributed by atoms with Crippen molar-refractivity contribution in [3.63, 3.8) is 0 Å². The molecule has 1 aliphatic rings. The van der Waals surface area contributed by atoms with Crippen LogP contribution in [0.4, 0.5) is 0 Å². The van der Waals surface area contributed by atoms with E-state index in [0.29, 0.717) is 12.2 Å². The van der Waals surface area contributed by atoms with Crippen molar-refractivity contribution in [1.29, 1.82) is 0 Å². The molecule has 3 aromatic rings. The maximum absolute atomic E-state index is 12.8. The normalized spacial score (nSPS) is 16.3. The van der Waals surface area contributed by atoms with Crippen LogP contribution in [0, 0.1) is 0 Å². The molecule has 0 bridgehead atoms. The van der Waals surface area contributed by atoms with E-state index in [2.05, 4.69) is 17.1 Å². The lowest BCUT2D eigenvalue weighted by molar-refractivity contribution is 0.0730. The maximum atomic E-state index is 12.8. The summed E-state index contributed by atoms with van der Waals surface area (Å²) >= 11 is 0. The summed E-state index contributed by atoms with van der Waals surface area (Å²) in [4.78, 5) is 14.7. The Morgan fingerprint density at radius 2 is 2.08 bits per heavy atom. The highest BCUT2D eigenvalue weighted by atomic mass is 16.5. The third-order valence-corrected chi connectivity index (χ3v) is 4.50. The van der Waals surface area contributed by atoms with Crippen molar-refractivity contribution in [1.82, 2.24) is 15.1 Å². The number of furan rings is 1. The molecular formula is C19H19N3O3. The molecule has 1 N–H and O–H groups in total. The standard InChI is InChI=1S/C19H19N3O3/c1-3-10-22-18(14-5-4-11-25-14)15-16(20-21-17(15)19(22)23)12-6-8-13(24-2)9-7-12/h4-9,11,18H,3,10H2,1-2H3,(H,20,21)/t18-/m1/s1. The first-order valence-electron chi connectivity index (χ1n) is 8.31. The quantitative estimate of drug-likeness (QED) is 0.772. The van der Waals surface area contributed by atoms with Gasteiger partial charge in [-0.05, 0) is 42.8 Å². The van der Waals surface area contributed by atoms with E-state index in [1.165, 1.54) is 0 Å². The number of H-pyrrole nitrogens is 1. The molecule has 0 saturated heterocycles. The zero-order valence-corrected chi connectivity index (χ0v) is 14.2. The predicted octanol–water partition coefficient (Wildman–Crippen LogP) is 3.63. The highest BCUT2D eigenvalue weighted by Crippen LogP contribution is 2.42. The van der Waals surface area contributed by atoms with Crippen LogP contribution in [0.15, 0.2) is 47.1 Å². The predicted molar refractivity (Wildman–Crippen MR) is 92.5 cm³/mol. The van der Waals surface area contributed by atoms with Crippen molar-refractivity contribution >= 4 is 5.91 Å². The Kier molecular flexibility index (Phi) is 3.80. The molecule has 1 amide bonds. The maximum Gasteiger partial charge on any atom is 0.273 e. The summed E-state index contributed by atoms with van der Waals surface area (Å²) in [6.45, 7) is 2.72. The number of methoxy groups -OCH3 is 1. The van der Waals surface area contributed by atoms with Crippen molar-refractivity contribution < 1.29 is 13.9 Å². The van der Waals surface area contributed by atoms with E-state index in [4.69, 9.17) is 9.15 Å². The number of amides is 1. The molecule has 1 atom stereocenters. The first-order valence-corrected chi connectivity index (χ1v) is 8.31. The van der Waals surface area contributed by atoms with E-state index in [1.54, 1.807) is 13.4 Å². The number of rotatable bonds is 5. The Balaban J connectivity index is 1.84. The van der Waals surface area contributed by atoms with Gasteiger partial charge < -0.3 is 14.1 Å². The highest BCUT2D eigenvalue weighted by molar-refractivity contribution is 6.00. The van der Waals surface area contributed by atoms with Gasteiger partial charge in [0, 0.05) is 17.7 Å². The van der Waals surface area contributed by atoms with E-state index in [9.17, 15) is 4.79 Å². The van der Waals surface area contributed by atoms with E-state index in [1.807, 2.05) is 41.3 Å². The Hall–Kier alpha value is -3.02. The summed E-state index contributed by atoms with van der Waals surface area (Å²) in [5, 5.41) is 7.34. The molecule has 0 saturated carbocycles. The van der Waals surface area contributed by atoms with E-state index < -0.39 is 0 Å². The highest BCUT2D eigenvalue weighted by Gasteiger charge is 2.43. The van der Waals surface area contributed by atoms with Crippen molar-refractivity contribution in [3.8, 4) is 17.0 Å². The number of benzene rings is 1. The number of fused-ring (bicyclic) bond motifs is 1. The van der Waals surface area contributed by atoms with Gasteiger partial charge in [-0.2, -0.15) is 5.10 Å². The minimum absolute atomic E-state index is 0.0366. The van der Waals surface area contributed by atoms with Gasteiger partial charge in [0.15, 0.2) is 0 Å². The Bertz CT molecular complexity index is 881. The third-order valence-electron chi connectivity index (χ3n) is 4.50. The zero-order chi connectivity index (χ0) is 17.4. The molecule has 4 rings (SSSR count). The molecule has 0 spiro atoms. The SMILES string of the molecule is CCCN1C(=O)c2[nH]nc(-c3ccc(OC)cc3)c2[C@H]1c1ccco1. The number of hydrogen-bond acceptors (Lipinski definition) is 4. The van der Waals surface area contributed by atoms with Crippen LogP contribution in [-0.4, -0.2) is 34.7 Å². The molecule has 0 aliphatic carbocycles. The summed E-state index contributed by atoms with van der Waals surface area (Å²) in [6, 6.07) is 11.2. The van der Waals surface area contributed by atoms with E-state index in [0.717, 1.165) is 34.8 Å². The first kappa shape index (κ1) is 15.5. The van der Waals surface area contributed by atoms with Crippen molar-refractivity contribution in [2.75, 3.05) is 13.7 Å². The molecule has 128 valence electrons. The van der Waals surface area contributed by atoms with Crippen molar-refractivity contribution in [2.45, 2.75) is 19.4 Å². The van der Waals surface area contributed by atoms with Crippen LogP contribution in [-0.2, 0) is 0 Å². The van der Waals surface area contributed by atoms with Gasteiger partial charge in [-0.25, -0.2) is 0 Å². The largest absolute Gasteiger partial charge is 0.497 e. The number of ether oxygens (including phenoxy) is 1. The molecule has 1 aromatic carbocycles. The van der Waals surface area contributed by atoms with Crippen molar-refractivity contribution in [3.05, 3.63) is 59.7 Å². The van der Waals surface area contributed by atoms with Gasteiger partial charge >= 0.3 is 0 Å². The second kappa shape index (κ2) is 6.12. The minimum Gasteiger partial charge on any atom is -0.497 e. The van der Waals surface area contributed by atoms with Gasteiger partial charge in [-0.1, -0.05) is 6.92 Å². The molecule has 6 heteroatoms. The fraction of sp³-hybridized carbons (Fsp3) is 0.263. The molecule has 0 fully saturated rings. The molecule has 1 aliphatic heterocycles. The van der Waals surface area contributed by atoms with Gasteiger partial charge in [-0.3, -0.25) is 9.89 Å². The average Bonchev–Trinajstić information content (AvgIpc) is 3.35. The summed E-state index contributed by atoms with van der Waals surface area (Å²) in [5.41, 5.74) is 3.12. The Morgan fingerprint density at radius 3 is 2.72 bits per heavy atom. The van der Waals surface area contributed by atoms with Crippen LogP contribution in [0.25, 0.3) is 11.3 Å². The number of aromatic nitrogens is 2. The Labute approximate surface area is 145 Å². The molecule has 0 unspecified atom stereocenters. The van der Waals surface area contributed by atoms with Gasteiger partial charge in [0.1, 0.15) is 23.2 Å². The summed E-state index contributed by atoms with van der Waals surface area (Å²) < 4.78 is 10.9. The fourth-order valence-corrected chi connectivity index (χ4v) is 3.38. The average molecular weight is 337 g/mol. The van der Waals surface area contributed by atoms with Gasteiger partial charge in [0.25, 0.3) is 5.91 Å². The van der Waals surface area contributed by atoms with Crippen LogP contribution < -0.4 is 4.74 Å². The van der Waals surface area contributed by atoms with Crippen LogP contribution in [0.5, 0.6) is 5.75 Å². The van der Waals surface area contributed by atoms with E-state index >= 15 is 0 Å². The summed E-state index contributed by atoms with van der Waals surface area (Å²) in [7, 11) is 1.63. The summed E-state index contributed by atoms with van der Waals surface area (Å²) in [6.07, 6.45) is 2.51. The monoisotopic (exact) mass is 337 g/mol. The van der Waals surface area contributed by atoms with Crippen LogP contribution in [0.2, 0.25) is 0 Å². The number of aromatic amines is 1. The second-order valence-corrected chi connectivity index (χ2v) is 6.01. The molecule has 6 nitrogen and oxygen atoms in total. The molecule has 0 radical (unpaired) electrons. The Morgan fingerprint density at radius 1 is 1.28 bits per heavy atom. The second-order valence-electron chi connectivity index (χ2n) is 6.01. The smallest absolute Gasteiger partial charge is 0.273 e.